The van der Waals surface area contributed by atoms with Crippen LogP contribution in [0.15, 0.2) is 24.3 Å². The zero-order chi connectivity index (χ0) is 13.9. The van der Waals surface area contributed by atoms with Gasteiger partial charge in [0.15, 0.2) is 0 Å². The molecule has 1 N–H and O–H groups in total. The third-order valence-corrected chi connectivity index (χ3v) is 5.01. The standard InChI is InChI=1S/C17H27NO/c1-4-17(5-2,13-19)12-18-14(3)10-11-15-8-6-7-9-16(15)18/h6-9,14,19H,4-5,10-13H2,1-3H3. The van der Waals surface area contributed by atoms with E-state index in [2.05, 4.69) is 49.9 Å². The van der Waals surface area contributed by atoms with Crippen LogP contribution in [0.1, 0.15) is 45.6 Å². The number of fused-ring (bicyclic) bond motifs is 1. The van der Waals surface area contributed by atoms with Crippen LogP contribution < -0.4 is 4.90 Å². The fourth-order valence-electron chi connectivity index (χ4n) is 3.11. The van der Waals surface area contributed by atoms with Gasteiger partial charge in [-0.3, -0.25) is 0 Å². The molecule has 0 radical (unpaired) electrons. The maximum Gasteiger partial charge on any atom is 0.0504 e. The molecule has 2 nitrogen and oxygen atoms in total. The molecule has 1 unspecified atom stereocenters. The van der Waals surface area contributed by atoms with Crippen LogP contribution in [0.2, 0.25) is 0 Å². The van der Waals surface area contributed by atoms with Crippen LogP contribution in [-0.4, -0.2) is 24.3 Å². The Bertz CT molecular complexity index is 403. The lowest BCUT2D eigenvalue weighted by molar-refractivity contribution is 0.118. The Morgan fingerprint density at radius 3 is 2.58 bits per heavy atom. The van der Waals surface area contributed by atoms with Crippen LogP contribution in [-0.2, 0) is 6.42 Å². The van der Waals surface area contributed by atoms with Crippen molar-refractivity contribution < 1.29 is 5.11 Å². The molecule has 1 atom stereocenters. The molecule has 0 fully saturated rings. The molecule has 0 saturated heterocycles. The molecule has 1 aliphatic heterocycles. The molecule has 1 aliphatic rings. The summed E-state index contributed by atoms with van der Waals surface area (Å²) in [4.78, 5) is 2.52. The Hall–Kier alpha value is -1.02. The van der Waals surface area contributed by atoms with Gasteiger partial charge < -0.3 is 10.0 Å². The maximum atomic E-state index is 9.81. The van der Waals surface area contributed by atoms with E-state index in [-0.39, 0.29) is 12.0 Å². The second kappa shape index (κ2) is 5.96. The quantitative estimate of drug-likeness (QED) is 0.875. The SMILES string of the molecule is CCC(CC)(CO)CN1c2ccccc2CCC1C. The van der Waals surface area contributed by atoms with Crippen LogP contribution in [0.3, 0.4) is 0 Å². The summed E-state index contributed by atoms with van der Waals surface area (Å²) in [6.07, 6.45) is 4.46. The summed E-state index contributed by atoms with van der Waals surface area (Å²) in [7, 11) is 0. The summed E-state index contributed by atoms with van der Waals surface area (Å²) in [5.74, 6) is 0. The average Bonchev–Trinajstić information content (AvgIpc) is 2.47. The smallest absolute Gasteiger partial charge is 0.0504 e. The van der Waals surface area contributed by atoms with Crippen LogP contribution in [0.5, 0.6) is 0 Å². The van der Waals surface area contributed by atoms with Crippen LogP contribution in [0, 0.1) is 5.41 Å². The molecule has 2 heteroatoms. The zero-order valence-electron chi connectivity index (χ0n) is 12.5. The zero-order valence-corrected chi connectivity index (χ0v) is 12.5. The summed E-state index contributed by atoms with van der Waals surface area (Å²) < 4.78 is 0. The lowest BCUT2D eigenvalue weighted by Crippen LogP contribution is -2.46. The summed E-state index contributed by atoms with van der Waals surface area (Å²) in [5.41, 5.74) is 2.87. The van der Waals surface area contributed by atoms with Crippen molar-refractivity contribution in [3.05, 3.63) is 29.8 Å². The van der Waals surface area contributed by atoms with Crippen molar-refractivity contribution in [3.63, 3.8) is 0 Å². The highest BCUT2D eigenvalue weighted by Gasteiger charge is 2.32. The Kier molecular flexibility index (Phi) is 4.51. The number of benzene rings is 1. The number of aliphatic hydroxyl groups excluding tert-OH is 1. The largest absolute Gasteiger partial charge is 0.396 e. The average molecular weight is 261 g/mol. The third-order valence-electron chi connectivity index (χ3n) is 5.01. The molecule has 0 spiro atoms. The Labute approximate surface area is 117 Å². The van der Waals surface area contributed by atoms with Crippen LogP contribution in [0.4, 0.5) is 5.69 Å². The van der Waals surface area contributed by atoms with Gasteiger partial charge in [0, 0.05) is 23.7 Å². The predicted octanol–water partition coefficient (Wildman–Crippen LogP) is 3.63. The highest BCUT2D eigenvalue weighted by atomic mass is 16.3. The van der Waals surface area contributed by atoms with E-state index in [0.29, 0.717) is 6.04 Å². The summed E-state index contributed by atoms with van der Waals surface area (Å²) in [6, 6.07) is 9.30. The highest BCUT2D eigenvalue weighted by molar-refractivity contribution is 5.56. The first-order valence-electron chi connectivity index (χ1n) is 7.61. The van der Waals surface area contributed by atoms with E-state index in [4.69, 9.17) is 0 Å². The molecule has 2 rings (SSSR count). The summed E-state index contributed by atoms with van der Waals surface area (Å²) in [5, 5.41) is 9.81. The molecule has 0 bridgehead atoms. The van der Waals surface area contributed by atoms with Gasteiger partial charge >= 0.3 is 0 Å². The number of nitrogens with zero attached hydrogens (tertiary/aromatic N) is 1. The van der Waals surface area contributed by atoms with E-state index < -0.39 is 0 Å². The monoisotopic (exact) mass is 261 g/mol. The molecule has 0 aromatic heterocycles. The lowest BCUT2D eigenvalue weighted by atomic mass is 9.81. The fourth-order valence-corrected chi connectivity index (χ4v) is 3.11. The molecule has 1 aromatic carbocycles. The van der Waals surface area contributed by atoms with Crippen molar-refractivity contribution >= 4 is 5.69 Å². The van der Waals surface area contributed by atoms with Gasteiger partial charge in [-0.15, -0.1) is 0 Å². The molecular weight excluding hydrogens is 234 g/mol. The molecule has 0 aliphatic carbocycles. The fraction of sp³-hybridized carbons (Fsp3) is 0.647. The molecule has 0 saturated carbocycles. The number of hydrogen-bond donors (Lipinski definition) is 1. The molecular formula is C17H27NO. The Morgan fingerprint density at radius 2 is 1.95 bits per heavy atom. The van der Waals surface area contributed by atoms with E-state index in [1.807, 2.05) is 0 Å². The minimum atomic E-state index is 0.0404. The van der Waals surface area contributed by atoms with Crippen LogP contribution >= 0.6 is 0 Å². The minimum absolute atomic E-state index is 0.0404. The van der Waals surface area contributed by atoms with Crippen molar-refractivity contribution in [2.75, 3.05) is 18.1 Å². The van der Waals surface area contributed by atoms with Crippen molar-refractivity contribution in [2.24, 2.45) is 5.41 Å². The van der Waals surface area contributed by atoms with Gasteiger partial charge in [0.05, 0.1) is 6.61 Å². The van der Waals surface area contributed by atoms with Crippen molar-refractivity contribution in [1.82, 2.24) is 0 Å². The van der Waals surface area contributed by atoms with Crippen LogP contribution in [0.25, 0.3) is 0 Å². The van der Waals surface area contributed by atoms with Crippen molar-refractivity contribution in [1.29, 1.82) is 0 Å². The Morgan fingerprint density at radius 1 is 1.26 bits per heavy atom. The molecule has 0 amide bonds. The first-order valence-corrected chi connectivity index (χ1v) is 7.61. The normalized spacial score (nSPS) is 19.4. The highest BCUT2D eigenvalue weighted by Crippen LogP contribution is 2.35. The Balaban J connectivity index is 2.28. The summed E-state index contributed by atoms with van der Waals surface area (Å²) >= 11 is 0. The van der Waals surface area contributed by atoms with Gasteiger partial charge in [-0.05, 0) is 44.2 Å². The lowest BCUT2D eigenvalue weighted by Gasteiger charge is -2.43. The second-order valence-electron chi connectivity index (χ2n) is 6.01. The number of rotatable bonds is 5. The summed E-state index contributed by atoms with van der Waals surface area (Å²) in [6.45, 7) is 7.95. The first-order chi connectivity index (χ1) is 9.15. The third kappa shape index (κ3) is 2.79. The molecule has 1 heterocycles. The number of aryl methyl sites for hydroxylation is 1. The first kappa shape index (κ1) is 14.4. The second-order valence-corrected chi connectivity index (χ2v) is 6.01. The maximum absolute atomic E-state index is 9.81. The van der Waals surface area contributed by atoms with E-state index in [1.165, 1.54) is 24.1 Å². The van der Waals surface area contributed by atoms with E-state index in [0.717, 1.165) is 19.4 Å². The topological polar surface area (TPSA) is 23.5 Å². The molecule has 1 aromatic rings. The van der Waals surface area contributed by atoms with Gasteiger partial charge in [0.25, 0.3) is 0 Å². The van der Waals surface area contributed by atoms with E-state index in [1.54, 1.807) is 0 Å². The van der Waals surface area contributed by atoms with E-state index in [9.17, 15) is 5.11 Å². The number of hydrogen-bond acceptors (Lipinski definition) is 2. The van der Waals surface area contributed by atoms with Gasteiger partial charge in [0.1, 0.15) is 0 Å². The molecule has 19 heavy (non-hydrogen) atoms. The van der Waals surface area contributed by atoms with Gasteiger partial charge in [0.2, 0.25) is 0 Å². The predicted molar refractivity (Wildman–Crippen MR) is 81.7 cm³/mol. The molecule has 106 valence electrons. The van der Waals surface area contributed by atoms with Crippen molar-refractivity contribution in [2.45, 2.75) is 52.5 Å². The van der Waals surface area contributed by atoms with E-state index >= 15 is 0 Å². The number of anilines is 1. The number of para-hydroxylation sites is 1. The number of aliphatic hydroxyl groups is 1. The van der Waals surface area contributed by atoms with Gasteiger partial charge in [-0.25, -0.2) is 0 Å². The van der Waals surface area contributed by atoms with Gasteiger partial charge in [-0.2, -0.15) is 0 Å². The minimum Gasteiger partial charge on any atom is -0.396 e. The van der Waals surface area contributed by atoms with Crippen molar-refractivity contribution in [3.8, 4) is 0 Å². The van der Waals surface area contributed by atoms with Gasteiger partial charge in [-0.1, -0.05) is 32.0 Å².